The standard InChI is InChI=1S/C22H28F3N3O2S.2C2H6/c1-13-7-18(20(29)27-10-14-11-31-6-5-26-14)28-19-16(13)8-15(30-12-22(23,24)25)9-17(19)21(2,3)4;2*1-2/h7-9,14,26H,5-6,10-12H2,1-4H3,(H,27,29);2*1-2H3. The van der Waals surface area contributed by atoms with Crippen molar-refractivity contribution in [2.45, 2.75) is 73.0 Å². The summed E-state index contributed by atoms with van der Waals surface area (Å²) >= 11 is 1.85. The smallest absolute Gasteiger partial charge is 0.422 e. The Morgan fingerprint density at radius 3 is 2.37 bits per heavy atom. The number of nitrogens with zero attached hydrogens (tertiary/aromatic N) is 1. The number of halogens is 3. The van der Waals surface area contributed by atoms with Crippen LogP contribution in [0.15, 0.2) is 18.2 Å². The number of thioether (sulfide) groups is 1. The van der Waals surface area contributed by atoms with E-state index in [1.54, 1.807) is 18.2 Å². The second-order valence-corrected chi connectivity index (χ2v) is 9.93. The van der Waals surface area contributed by atoms with Gasteiger partial charge in [0.25, 0.3) is 5.91 Å². The first-order valence-electron chi connectivity index (χ1n) is 12.2. The number of carbonyl (C=O) groups excluding carboxylic acids is 1. The molecule has 9 heteroatoms. The van der Waals surface area contributed by atoms with E-state index >= 15 is 0 Å². The minimum atomic E-state index is -4.42. The van der Waals surface area contributed by atoms with Gasteiger partial charge in [-0.05, 0) is 41.7 Å². The van der Waals surface area contributed by atoms with Crippen molar-refractivity contribution in [3.63, 3.8) is 0 Å². The van der Waals surface area contributed by atoms with Gasteiger partial charge in [0, 0.05) is 36.0 Å². The number of aromatic nitrogens is 1. The number of alkyl halides is 3. The average molecular weight is 516 g/mol. The number of pyridine rings is 1. The summed E-state index contributed by atoms with van der Waals surface area (Å²) in [4.78, 5) is 17.4. The summed E-state index contributed by atoms with van der Waals surface area (Å²) in [6, 6.07) is 5.04. The molecule has 1 fully saturated rings. The highest BCUT2D eigenvalue weighted by Crippen LogP contribution is 2.35. The van der Waals surface area contributed by atoms with Crippen molar-refractivity contribution in [1.29, 1.82) is 0 Å². The van der Waals surface area contributed by atoms with Crippen LogP contribution in [0.1, 0.15) is 70.1 Å². The van der Waals surface area contributed by atoms with Crippen LogP contribution in [0.5, 0.6) is 5.75 Å². The number of fused-ring (bicyclic) bond motifs is 1. The van der Waals surface area contributed by atoms with Crippen LogP contribution in [0.2, 0.25) is 0 Å². The van der Waals surface area contributed by atoms with Crippen molar-refractivity contribution < 1.29 is 22.7 Å². The van der Waals surface area contributed by atoms with E-state index < -0.39 is 18.2 Å². The van der Waals surface area contributed by atoms with Crippen LogP contribution in [-0.4, -0.2) is 54.3 Å². The Labute approximate surface area is 212 Å². The van der Waals surface area contributed by atoms with Gasteiger partial charge in [-0.15, -0.1) is 0 Å². The van der Waals surface area contributed by atoms with E-state index in [1.807, 2.05) is 67.2 Å². The number of hydrogen-bond donors (Lipinski definition) is 2. The summed E-state index contributed by atoms with van der Waals surface area (Å²) in [5, 5.41) is 6.99. The van der Waals surface area contributed by atoms with Crippen LogP contribution in [0, 0.1) is 6.92 Å². The SMILES string of the molecule is CC.CC.Cc1cc(C(=O)NCC2CSCCN2)nc2c(C(C)(C)C)cc(OCC(F)(F)F)cc12. The van der Waals surface area contributed by atoms with E-state index in [2.05, 4.69) is 15.6 Å². The quantitative estimate of drug-likeness (QED) is 0.492. The molecule has 35 heavy (non-hydrogen) atoms. The van der Waals surface area contributed by atoms with Crippen LogP contribution in [0.25, 0.3) is 10.9 Å². The summed E-state index contributed by atoms with van der Waals surface area (Å²) in [7, 11) is 0. The highest BCUT2D eigenvalue weighted by atomic mass is 32.2. The minimum Gasteiger partial charge on any atom is -0.484 e. The van der Waals surface area contributed by atoms with Crippen LogP contribution >= 0.6 is 11.8 Å². The Bertz CT molecular complexity index is 953. The molecule has 1 atom stereocenters. The largest absolute Gasteiger partial charge is 0.484 e. The predicted octanol–water partition coefficient (Wildman–Crippen LogP) is 6.27. The minimum absolute atomic E-state index is 0.137. The van der Waals surface area contributed by atoms with Gasteiger partial charge in [-0.3, -0.25) is 4.79 Å². The maximum Gasteiger partial charge on any atom is 0.422 e. The predicted molar refractivity (Wildman–Crippen MR) is 141 cm³/mol. The van der Waals surface area contributed by atoms with Gasteiger partial charge in [-0.2, -0.15) is 24.9 Å². The number of nitrogens with one attached hydrogen (secondary N) is 2. The molecule has 1 aliphatic rings. The molecule has 3 rings (SSSR count). The molecular weight excluding hydrogens is 475 g/mol. The lowest BCUT2D eigenvalue weighted by Crippen LogP contribution is -2.45. The topological polar surface area (TPSA) is 63.2 Å². The first-order chi connectivity index (χ1) is 16.4. The molecule has 198 valence electrons. The number of ether oxygens (including phenoxy) is 1. The Kier molecular flexibility index (Phi) is 12.3. The van der Waals surface area contributed by atoms with Crippen LogP contribution in [0.4, 0.5) is 13.2 Å². The molecule has 1 saturated heterocycles. The molecule has 0 bridgehead atoms. The normalized spacial score (nSPS) is 15.9. The van der Waals surface area contributed by atoms with Crippen molar-refractivity contribution in [2.75, 3.05) is 31.2 Å². The molecule has 1 amide bonds. The zero-order valence-electron chi connectivity index (χ0n) is 22.2. The van der Waals surface area contributed by atoms with Crippen molar-refractivity contribution in [2.24, 2.45) is 0 Å². The first-order valence-corrected chi connectivity index (χ1v) is 13.3. The fraction of sp³-hybridized carbons (Fsp3) is 0.615. The maximum absolute atomic E-state index is 12.8. The molecule has 5 nitrogen and oxygen atoms in total. The fourth-order valence-electron chi connectivity index (χ4n) is 3.46. The lowest BCUT2D eigenvalue weighted by Gasteiger charge is -2.24. The Morgan fingerprint density at radius 1 is 1.17 bits per heavy atom. The second kappa shape index (κ2) is 13.9. The van der Waals surface area contributed by atoms with E-state index in [4.69, 9.17) is 4.74 Å². The number of carbonyl (C=O) groups is 1. The van der Waals surface area contributed by atoms with E-state index in [1.165, 1.54) is 0 Å². The lowest BCUT2D eigenvalue weighted by atomic mass is 9.84. The second-order valence-electron chi connectivity index (χ2n) is 8.78. The summed E-state index contributed by atoms with van der Waals surface area (Å²) in [6.07, 6.45) is -4.42. The number of rotatable bonds is 5. The Morgan fingerprint density at radius 2 is 1.83 bits per heavy atom. The zero-order chi connectivity index (χ0) is 26.8. The Hall–Kier alpha value is -2.00. The van der Waals surface area contributed by atoms with Crippen molar-refractivity contribution in [3.05, 3.63) is 35.0 Å². The molecule has 2 aromatic rings. The number of benzene rings is 1. The third-order valence-electron chi connectivity index (χ3n) is 5.04. The van der Waals surface area contributed by atoms with Crippen LogP contribution < -0.4 is 15.4 Å². The summed E-state index contributed by atoms with van der Waals surface area (Å²) in [6.45, 7) is 15.7. The van der Waals surface area contributed by atoms with E-state index in [9.17, 15) is 18.0 Å². The molecule has 0 radical (unpaired) electrons. The van der Waals surface area contributed by atoms with E-state index in [0.29, 0.717) is 23.1 Å². The van der Waals surface area contributed by atoms with Gasteiger partial charge in [0.2, 0.25) is 0 Å². The Balaban J connectivity index is 0.00000145. The van der Waals surface area contributed by atoms with Crippen molar-refractivity contribution in [1.82, 2.24) is 15.6 Å². The number of aryl methyl sites for hydroxylation is 1. The van der Waals surface area contributed by atoms with Gasteiger partial charge < -0.3 is 15.4 Å². The van der Waals surface area contributed by atoms with E-state index in [0.717, 1.165) is 29.2 Å². The fourth-order valence-corrected chi connectivity index (χ4v) is 4.41. The maximum atomic E-state index is 12.8. The molecule has 1 aromatic carbocycles. The first kappa shape index (κ1) is 31.0. The van der Waals surface area contributed by atoms with Crippen molar-refractivity contribution in [3.8, 4) is 5.75 Å². The molecule has 0 saturated carbocycles. The molecule has 1 aromatic heterocycles. The molecule has 1 aliphatic heterocycles. The summed E-state index contributed by atoms with van der Waals surface area (Å²) in [5.41, 5.74) is 1.97. The molecule has 1 unspecified atom stereocenters. The van der Waals surface area contributed by atoms with Crippen molar-refractivity contribution >= 4 is 28.6 Å². The lowest BCUT2D eigenvalue weighted by molar-refractivity contribution is -0.153. The summed E-state index contributed by atoms with van der Waals surface area (Å²) in [5.74, 6) is 1.89. The third kappa shape index (κ3) is 9.52. The number of amides is 1. The van der Waals surface area contributed by atoms with Gasteiger partial charge in [0.05, 0.1) is 5.52 Å². The van der Waals surface area contributed by atoms with Gasteiger partial charge in [-0.1, -0.05) is 48.5 Å². The third-order valence-corrected chi connectivity index (χ3v) is 6.18. The number of hydrogen-bond acceptors (Lipinski definition) is 5. The molecule has 2 heterocycles. The van der Waals surface area contributed by atoms with Gasteiger partial charge in [0.15, 0.2) is 6.61 Å². The van der Waals surface area contributed by atoms with Crippen LogP contribution in [0.3, 0.4) is 0 Å². The zero-order valence-corrected chi connectivity index (χ0v) is 23.0. The monoisotopic (exact) mass is 515 g/mol. The summed E-state index contributed by atoms with van der Waals surface area (Å²) < 4.78 is 42.9. The average Bonchev–Trinajstić information content (AvgIpc) is 2.83. The highest BCUT2D eigenvalue weighted by Gasteiger charge is 2.29. The molecular formula is C26H40F3N3O2S. The molecule has 0 aliphatic carbocycles. The van der Waals surface area contributed by atoms with Gasteiger partial charge >= 0.3 is 6.18 Å². The van der Waals surface area contributed by atoms with Gasteiger partial charge in [0.1, 0.15) is 11.4 Å². The van der Waals surface area contributed by atoms with Crippen LogP contribution in [-0.2, 0) is 5.41 Å². The highest BCUT2D eigenvalue weighted by molar-refractivity contribution is 7.99. The molecule has 2 N–H and O–H groups in total. The van der Waals surface area contributed by atoms with Gasteiger partial charge in [-0.25, -0.2) is 4.98 Å². The van der Waals surface area contributed by atoms with E-state index in [-0.39, 0.29) is 17.7 Å². The molecule has 0 spiro atoms.